The van der Waals surface area contributed by atoms with Gasteiger partial charge in [0.05, 0.1) is 0 Å². The summed E-state index contributed by atoms with van der Waals surface area (Å²) < 4.78 is 28.4. The number of carbonyl (C=O) groups is 2. The Morgan fingerprint density at radius 3 is 1.28 bits per heavy atom. The summed E-state index contributed by atoms with van der Waals surface area (Å²) in [4.78, 5) is 25.8. The first-order valence-corrected chi connectivity index (χ1v) is 10.0. The number of fused-ring (bicyclic) bond motifs is 3. The number of aromatic nitrogens is 1. The van der Waals surface area contributed by atoms with E-state index in [4.69, 9.17) is 0 Å². The molecule has 156 valence electrons. The molecule has 0 aliphatic rings. The minimum absolute atomic E-state index is 0.206. The lowest BCUT2D eigenvalue weighted by molar-refractivity contribution is 0.103. The van der Waals surface area contributed by atoms with Crippen molar-refractivity contribution < 1.29 is 18.4 Å². The van der Waals surface area contributed by atoms with Crippen LogP contribution in [0, 0.1) is 11.6 Å². The summed E-state index contributed by atoms with van der Waals surface area (Å²) in [6, 6.07) is 21.7. The van der Waals surface area contributed by atoms with Crippen molar-refractivity contribution in [3.63, 3.8) is 0 Å². The molecule has 0 bridgehead atoms. The molecule has 0 N–H and O–H groups in total. The fourth-order valence-electron chi connectivity index (χ4n) is 4.04. The van der Waals surface area contributed by atoms with Gasteiger partial charge in [-0.3, -0.25) is 9.59 Å². The molecular weight excluding hydrogens is 408 g/mol. The molecule has 0 unspecified atom stereocenters. The Kier molecular flexibility index (Phi) is 4.67. The van der Waals surface area contributed by atoms with E-state index in [1.54, 1.807) is 24.3 Å². The smallest absolute Gasteiger partial charge is 0.193 e. The lowest BCUT2D eigenvalue weighted by Crippen LogP contribution is -2.01. The molecule has 0 aliphatic carbocycles. The van der Waals surface area contributed by atoms with Crippen molar-refractivity contribution in [3.8, 4) is 0 Å². The Hall–Kier alpha value is -4.12. The highest BCUT2D eigenvalue weighted by Gasteiger charge is 2.16. The van der Waals surface area contributed by atoms with Crippen LogP contribution in [0.5, 0.6) is 0 Å². The van der Waals surface area contributed by atoms with Crippen LogP contribution in [0.2, 0.25) is 0 Å². The van der Waals surface area contributed by atoms with E-state index >= 15 is 0 Å². The lowest BCUT2D eigenvalue weighted by Gasteiger charge is -2.03. The number of halogens is 2. The van der Waals surface area contributed by atoms with Crippen LogP contribution in [0.25, 0.3) is 21.8 Å². The van der Waals surface area contributed by atoms with E-state index in [9.17, 15) is 18.4 Å². The van der Waals surface area contributed by atoms with Gasteiger partial charge in [-0.25, -0.2) is 8.78 Å². The molecule has 0 saturated carbocycles. The Bertz CT molecular complexity index is 1400. The third-order valence-electron chi connectivity index (χ3n) is 5.74. The zero-order valence-electron chi connectivity index (χ0n) is 17.1. The first kappa shape index (κ1) is 19.8. The monoisotopic (exact) mass is 425 g/mol. The van der Waals surface area contributed by atoms with Gasteiger partial charge in [0.25, 0.3) is 0 Å². The minimum atomic E-state index is -0.399. The summed E-state index contributed by atoms with van der Waals surface area (Å²) in [6.45, 7) is 0. The average molecular weight is 425 g/mol. The van der Waals surface area contributed by atoms with Crippen LogP contribution in [0.1, 0.15) is 31.8 Å². The summed E-state index contributed by atoms with van der Waals surface area (Å²) in [7, 11) is 1.92. The van der Waals surface area contributed by atoms with Gasteiger partial charge in [0.1, 0.15) is 11.6 Å². The largest absolute Gasteiger partial charge is 0.344 e. The van der Waals surface area contributed by atoms with Gasteiger partial charge >= 0.3 is 0 Å². The van der Waals surface area contributed by atoms with Crippen molar-refractivity contribution in [2.45, 2.75) is 0 Å². The van der Waals surface area contributed by atoms with Crippen LogP contribution in [0.15, 0.2) is 84.9 Å². The first-order chi connectivity index (χ1) is 15.4. The molecule has 0 saturated heterocycles. The minimum Gasteiger partial charge on any atom is -0.344 e. The molecule has 1 heterocycles. The molecule has 0 amide bonds. The third-order valence-corrected chi connectivity index (χ3v) is 5.74. The van der Waals surface area contributed by atoms with E-state index in [2.05, 4.69) is 0 Å². The molecule has 4 aromatic carbocycles. The maximum atomic E-state index is 13.2. The molecule has 1 aromatic heterocycles. The highest BCUT2D eigenvalue weighted by atomic mass is 19.1. The zero-order chi connectivity index (χ0) is 22.4. The quantitative estimate of drug-likeness (QED) is 0.328. The van der Waals surface area contributed by atoms with Crippen molar-refractivity contribution in [1.29, 1.82) is 0 Å². The van der Waals surface area contributed by atoms with Crippen molar-refractivity contribution in [2.24, 2.45) is 7.05 Å². The second kappa shape index (κ2) is 7.54. The molecule has 0 atom stereocenters. The summed E-state index contributed by atoms with van der Waals surface area (Å²) >= 11 is 0. The van der Waals surface area contributed by atoms with Crippen molar-refractivity contribution >= 4 is 33.4 Å². The highest BCUT2D eigenvalue weighted by Crippen LogP contribution is 2.31. The SMILES string of the molecule is Cn1c2ccc(C(=O)c3ccc(F)cc3)cc2c2cc(C(=O)c3ccc(F)cc3)ccc21. The number of hydrogen-bond donors (Lipinski definition) is 0. The standard InChI is InChI=1S/C27H17F2NO2/c1-30-24-12-6-18(26(31)16-2-8-20(28)9-3-16)14-22(24)23-15-19(7-13-25(23)30)27(32)17-4-10-21(29)11-5-17/h2-15H,1H3. The molecule has 0 fully saturated rings. The van der Waals surface area contributed by atoms with Gasteiger partial charge in [0.15, 0.2) is 11.6 Å². The van der Waals surface area contributed by atoms with Crippen molar-refractivity contribution in [3.05, 3.63) is 119 Å². The topological polar surface area (TPSA) is 39.1 Å². The van der Waals surface area contributed by atoms with E-state index in [-0.39, 0.29) is 11.6 Å². The van der Waals surface area contributed by atoms with Crippen molar-refractivity contribution in [2.75, 3.05) is 0 Å². The fraction of sp³-hybridized carbons (Fsp3) is 0.0370. The van der Waals surface area contributed by atoms with E-state index < -0.39 is 11.6 Å². The predicted molar refractivity (Wildman–Crippen MR) is 120 cm³/mol. The maximum absolute atomic E-state index is 13.2. The number of aryl methyl sites for hydroxylation is 1. The van der Waals surface area contributed by atoms with E-state index in [0.29, 0.717) is 22.3 Å². The summed E-state index contributed by atoms with van der Waals surface area (Å²) in [5.74, 6) is -1.21. The number of ketones is 2. The molecule has 0 radical (unpaired) electrons. The van der Waals surface area contributed by atoms with Gasteiger partial charge < -0.3 is 4.57 Å². The van der Waals surface area contributed by atoms with Gasteiger partial charge in [-0.05, 0) is 84.9 Å². The third kappa shape index (κ3) is 3.28. The molecule has 3 nitrogen and oxygen atoms in total. The van der Waals surface area contributed by atoms with Gasteiger partial charge in [-0.2, -0.15) is 0 Å². The maximum Gasteiger partial charge on any atom is 0.193 e. The van der Waals surface area contributed by atoms with Crippen LogP contribution in [0.4, 0.5) is 8.78 Å². The van der Waals surface area contributed by atoms with Crippen LogP contribution in [-0.4, -0.2) is 16.1 Å². The fourth-order valence-corrected chi connectivity index (χ4v) is 4.04. The van der Waals surface area contributed by atoms with Crippen LogP contribution in [-0.2, 0) is 7.05 Å². The Labute approximate surface area is 182 Å². The Balaban J connectivity index is 1.62. The molecule has 0 spiro atoms. The Morgan fingerprint density at radius 1 is 0.562 bits per heavy atom. The van der Waals surface area contributed by atoms with Crippen molar-refractivity contribution in [1.82, 2.24) is 4.57 Å². The lowest BCUT2D eigenvalue weighted by atomic mass is 9.99. The van der Waals surface area contributed by atoms with Crippen LogP contribution < -0.4 is 0 Å². The number of nitrogens with zero attached hydrogens (tertiary/aromatic N) is 1. The normalized spacial score (nSPS) is 11.2. The average Bonchev–Trinajstić information content (AvgIpc) is 3.10. The molecule has 5 rings (SSSR count). The predicted octanol–water partition coefficient (Wildman–Crippen LogP) is 6.07. The first-order valence-electron chi connectivity index (χ1n) is 10.0. The van der Waals surface area contributed by atoms with E-state index in [1.165, 1.54) is 48.5 Å². The van der Waals surface area contributed by atoms with Gasteiger partial charge in [0, 0.05) is 51.1 Å². The molecule has 5 aromatic rings. The van der Waals surface area contributed by atoms with Crippen LogP contribution >= 0.6 is 0 Å². The zero-order valence-corrected chi connectivity index (χ0v) is 17.1. The Morgan fingerprint density at radius 2 is 0.906 bits per heavy atom. The second-order valence-corrected chi connectivity index (χ2v) is 7.69. The molecule has 0 aliphatic heterocycles. The van der Waals surface area contributed by atoms with E-state index in [0.717, 1.165) is 21.8 Å². The summed E-state index contributed by atoms with van der Waals surface area (Å²) in [5.41, 5.74) is 3.60. The number of rotatable bonds is 4. The number of benzene rings is 4. The number of carbonyl (C=O) groups excluding carboxylic acids is 2. The van der Waals surface area contributed by atoms with Gasteiger partial charge in [0.2, 0.25) is 0 Å². The van der Waals surface area contributed by atoms with Gasteiger partial charge in [-0.1, -0.05) is 0 Å². The second-order valence-electron chi connectivity index (χ2n) is 7.69. The molecule has 32 heavy (non-hydrogen) atoms. The van der Waals surface area contributed by atoms with E-state index in [1.807, 2.05) is 23.7 Å². The summed E-state index contributed by atoms with van der Waals surface area (Å²) in [5, 5.41) is 1.67. The summed E-state index contributed by atoms with van der Waals surface area (Å²) in [6.07, 6.45) is 0. The highest BCUT2D eigenvalue weighted by molar-refractivity contribution is 6.17. The van der Waals surface area contributed by atoms with Gasteiger partial charge in [-0.15, -0.1) is 0 Å². The molecular formula is C27H17F2NO2. The molecule has 5 heteroatoms. The van der Waals surface area contributed by atoms with Crippen LogP contribution in [0.3, 0.4) is 0 Å². The number of hydrogen-bond acceptors (Lipinski definition) is 2.